The Bertz CT molecular complexity index is 1630. The molecule has 1 aliphatic rings. The molecule has 3 aromatic carbocycles. The first-order valence-electron chi connectivity index (χ1n) is 12.7. The van der Waals surface area contributed by atoms with Crippen molar-refractivity contribution in [3.05, 3.63) is 71.0 Å². The molecule has 200 valence electrons. The lowest BCUT2D eigenvalue weighted by Gasteiger charge is -2.34. The molecule has 0 saturated carbocycles. The van der Waals surface area contributed by atoms with Crippen molar-refractivity contribution >= 4 is 48.3 Å². The molecule has 1 fully saturated rings. The first kappa shape index (κ1) is 26.7. The Morgan fingerprint density at radius 2 is 1.76 bits per heavy atom. The summed E-state index contributed by atoms with van der Waals surface area (Å²) in [5.74, 6) is -0.427. The van der Waals surface area contributed by atoms with E-state index >= 15 is 0 Å². The molecule has 0 spiro atoms. The first-order valence-corrected chi connectivity index (χ1v) is 15.0. The summed E-state index contributed by atoms with van der Waals surface area (Å²) in [5.41, 5.74) is 1.32. The van der Waals surface area contributed by atoms with Crippen molar-refractivity contribution in [2.45, 2.75) is 44.4 Å². The Balaban J connectivity index is 1.48. The minimum Gasteiger partial charge on any atom is -0.380 e. The van der Waals surface area contributed by atoms with Crippen LogP contribution in [0.25, 0.3) is 21.0 Å². The van der Waals surface area contributed by atoms with Gasteiger partial charge in [0.25, 0.3) is 5.91 Å². The van der Waals surface area contributed by atoms with Crippen LogP contribution in [0, 0.1) is 0 Å². The molecule has 5 rings (SSSR count). The van der Waals surface area contributed by atoms with E-state index in [4.69, 9.17) is 9.47 Å². The van der Waals surface area contributed by atoms with Gasteiger partial charge in [-0.1, -0.05) is 41.7 Å². The average molecular weight is 554 g/mol. The fraction of sp³-hybridized carbons (Fsp3) is 0.357. The van der Waals surface area contributed by atoms with Crippen LogP contribution in [-0.4, -0.2) is 61.7 Å². The molecular weight excluding hydrogens is 522 g/mol. The molecule has 0 unspecified atom stereocenters. The van der Waals surface area contributed by atoms with Gasteiger partial charge in [-0.3, -0.25) is 4.79 Å². The predicted octanol–water partition coefficient (Wildman–Crippen LogP) is 4.43. The van der Waals surface area contributed by atoms with E-state index in [2.05, 4.69) is 29.3 Å². The number of hydrogen-bond acceptors (Lipinski definition) is 6. The highest BCUT2D eigenvalue weighted by Crippen LogP contribution is 2.28. The standard InChI is InChI=1S/C28H31N3O5S2/c1-4-35-16-15-31-25-14-11-21-7-5-6-8-24(21)26(25)37-28(31)29-27(32)22-9-12-23(13-10-22)38(33,34)30-17-19(2)36-20(3)18-30/h5-14,19-20H,4,15-18H2,1-3H3/t19-,20-/m0/s1. The maximum absolute atomic E-state index is 13.2. The number of nitrogens with zero attached hydrogens (tertiary/aromatic N) is 3. The van der Waals surface area contributed by atoms with Gasteiger partial charge in [-0.25, -0.2) is 8.42 Å². The number of hydrogen-bond donors (Lipinski definition) is 0. The van der Waals surface area contributed by atoms with Crippen LogP contribution in [0.15, 0.2) is 70.6 Å². The van der Waals surface area contributed by atoms with Gasteiger partial charge in [0.1, 0.15) is 0 Å². The van der Waals surface area contributed by atoms with Crippen LogP contribution in [-0.2, 0) is 26.0 Å². The summed E-state index contributed by atoms with van der Waals surface area (Å²) < 4.78 is 42.1. The third-order valence-corrected chi connectivity index (χ3v) is 9.53. The lowest BCUT2D eigenvalue weighted by Crippen LogP contribution is -2.48. The van der Waals surface area contributed by atoms with Crippen LogP contribution >= 0.6 is 11.3 Å². The van der Waals surface area contributed by atoms with Crippen LogP contribution in [0.4, 0.5) is 0 Å². The summed E-state index contributed by atoms with van der Waals surface area (Å²) in [5, 5.41) is 2.23. The monoisotopic (exact) mass is 553 g/mol. The number of ether oxygens (including phenoxy) is 2. The second-order valence-electron chi connectivity index (χ2n) is 9.39. The summed E-state index contributed by atoms with van der Waals surface area (Å²) in [6, 6.07) is 18.3. The van der Waals surface area contributed by atoms with Gasteiger partial charge in [0.2, 0.25) is 10.0 Å². The summed E-state index contributed by atoms with van der Waals surface area (Å²) in [7, 11) is -3.69. The van der Waals surface area contributed by atoms with Crippen molar-refractivity contribution < 1.29 is 22.7 Å². The number of fused-ring (bicyclic) bond motifs is 3. The van der Waals surface area contributed by atoms with E-state index in [-0.39, 0.29) is 17.1 Å². The molecule has 0 bridgehead atoms. The van der Waals surface area contributed by atoms with Crippen molar-refractivity contribution in [3.8, 4) is 0 Å². The first-order chi connectivity index (χ1) is 18.3. The normalized spacial score (nSPS) is 19.4. The van der Waals surface area contributed by atoms with Crippen molar-refractivity contribution in [2.24, 2.45) is 4.99 Å². The van der Waals surface area contributed by atoms with E-state index in [1.807, 2.05) is 37.5 Å². The van der Waals surface area contributed by atoms with Crippen molar-refractivity contribution in [2.75, 3.05) is 26.3 Å². The van der Waals surface area contributed by atoms with Gasteiger partial charge in [0.15, 0.2) is 4.80 Å². The van der Waals surface area contributed by atoms with Gasteiger partial charge in [-0.15, -0.1) is 0 Å². The highest BCUT2D eigenvalue weighted by Gasteiger charge is 2.32. The Morgan fingerprint density at radius 3 is 2.47 bits per heavy atom. The molecule has 0 N–H and O–H groups in total. The molecule has 38 heavy (non-hydrogen) atoms. The van der Waals surface area contributed by atoms with E-state index in [0.717, 1.165) is 21.0 Å². The summed E-state index contributed by atoms with van der Waals surface area (Å²) in [4.78, 5) is 18.4. The molecule has 1 aliphatic heterocycles. The number of carbonyl (C=O) groups is 1. The Morgan fingerprint density at radius 1 is 1.05 bits per heavy atom. The van der Waals surface area contributed by atoms with Crippen molar-refractivity contribution in [3.63, 3.8) is 0 Å². The van der Waals surface area contributed by atoms with Crippen LogP contribution in [0.2, 0.25) is 0 Å². The molecule has 1 saturated heterocycles. The van der Waals surface area contributed by atoms with Crippen molar-refractivity contribution in [1.29, 1.82) is 0 Å². The smallest absolute Gasteiger partial charge is 0.279 e. The zero-order valence-corrected chi connectivity index (χ0v) is 23.3. The van der Waals surface area contributed by atoms with E-state index in [9.17, 15) is 13.2 Å². The third kappa shape index (κ3) is 5.32. The SMILES string of the molecule is CCOCCn1c(=NC(=O)c2ccc(S(=O)(=O)N3C[C@H](C)O[C@@H](C)C3)cc2)sc2c3ccccc3ccc21. The van der Waals surface area contributed by atoms with Crippen LogP contribution in [0.3, 0.4) is 0 Å². The van der Waals surface area contributed by atoms with Gasteiger partial charge in [0.05, 0.1) is 33.9 Å². The minimum absolute atomic E-state index is 0.149. The van der Waals surface area contributed by atoms with E-state index in [0.29, 0.717) is 43.2 Å². The molecule has 8 nitrogen and oxygen atoms in total. The number of morpholine rings is 1. The summed E-state index contributed by atoms with van der Waals surface area (Å²) in [6.45, 7) is 7.93. The van der Waals surface area contributed by atoms with Crippen LogP contribution < -0.4 is 4.80 Å². The predicted molar refractivity (Wildman–Crippen MR) is 149 cm³/mol. The lowest BCUT2D eigenvalue weighted by atomic mass is 10.1. The second kappa shape index (κ2) is 11.1. The highest BCUT2D eigenvalue weighted by atomic mass is 32.2. The number of amides is 1. The number of thiazole rings is 1. The zero-order chi connectivity index (χ0) is 26.9. The fourth-order valence-corrected chi connectivity index (χ4v) is 7.58. The largest absolute Gasteiger partial charge is 0.380 e. The van der Waals surface area contributed by atoms with Gasteiger partial charge >= 0.3 is 0 Å². The number of carbonyl (C=O) groups excluding carboxylic acids is 1. The van der Waals surface area contributed by atoms with E-state index in [1.165, 1.54) is 39.9 Å². The topological polar surface area (TPSA) is 90.2 Å². The second-order valence-corrected chi connectivity index (χ2v) is 12.3. The molecule has 0 aliphatic carbocycles. The molecule has 1 amide bonds. The molecule has 0 radical (unpaired) electrons. The lowest BCUT2D eigenvalue weighted by molar-refractivity contribution is -0.0440. The fourth-order valence-electron chi connectivity index (χ4n) is 4.80. The molecule has 10 heteroatoms. The quantitative estimate of drug-likeness (QED) is 0.316. The van der Waals surface area contributed by atoms with E-state index in [1.54, 1.807) is 0 Å². The Labute approximate surface area is 226 Å². The number of sulfonamides is 1. The van der Waals surface area contributed by atoms with Gasteiger partial charge < -0.3 is 14.0 Å². The number of benzene rings is 3. The molecule has 1 aromatic heterocycles. The summed E-state index contributed by atoms with van der Waals surface area (Å²) in [6.07, 6.45) is -0.359. The molecular formula is C28H31N3O5S2. The number of aromatic nitrogens is 1. The molecule has 2 heterocycles. The maximum Gasteiger partial charge on any atom is 0.279 e. The van der Waals surface area contributed by atoms with Crippen LogP contribution in [0.1, 0.15) is 31.1 Å². The maximum atomic E-state index is 13.2. The third-order valence-electron chi connectivity index (χ3n) is 6.56. The van der Waals surface area contributed by atoms with Crippen LogP contribution in [0.5, 0.6) is 0 Å². The van der Waals surface area contributed by atoms with E-state index < -0.39 is 15.9 Å². The zero-order valence-electron chi connectivity index (χ0n) is 21.7. The van der Waals surface area contributed by atoms with Gasteiger partial charge in [0, 0.05) is 37.2 Å². The highest BCUT2D eigenvalue weighted by molar-refractivity contribution is 7.89. The van der Waals surface area contributed by atoms with Crippen molar-refractivity contribution in [1.82, 2.24) is 8.87 Å². The molecule has 4 aromatic rings. The number of rotatable bonds is 7. The Hall–Kier alpha value is -2.89. The average Bonchev–Trinajstić information content (AvgIpc) is 3.25. The van der Waals surface area contributed by atoms with Gasteiger partial charge in [-0.2, -0.15) is 9.30 Å². The molecule has 2 atom stereocenters. The Kier molecular flexibility index (Phi) is 7.78. The summed E-state index contributed by atoms with van der Waals surface area (Å²) >= 11 is 1.47. The van der Waals surface area contributed by atoms with Gasteiger partial charge in [-0.05, 0) is 56.5 Å². The minimum atomic E-state index is -3.69.